The van der Waals surface area contributed by atoms with Crippen LogP contribution in [0.15, 0.2) is 35.3 Å². The average Bonchev–Trinajstić information content (AvgIpc) is 2.96. The number of thioether (sulfide) groups is 1. The molecule has 2 aromatic heterocycles. The summed E-state index contributed by atoms with van der Waals surface area (Å²) < 4.78 is 1.59. The number of pyridine rings is 1. The lowest BCUT2D eigenvalue weighted by atomic mass is 10.2. The van der Waals surface area contributed by atoms with Crippen molar-refractivity contribution >= 4 is 17.4 Å². The maximum Gasteiger partial charge on any atom is 0.258 e. The van der Waals surface area contributed by atoms with Gasteiger partial charge >= 0.3 is 0 Å². The summed E-state index contributed by atoms with van der Waals surface area (Å²) in [6, 6.07) is 7.91. The lowest BCUT2D eigenvalue weighted by Gasteiger charge is -2.24. The van der Waals surface area contributed by atoms with Crippen LogP contribution in [0.3, 0.4) is 0 Å². The van der Waals surface area contributed by atoms with Gasteiger partial charge in [-0.2, -0.15) is 11.8 Å². The van der Waals surface area contributed by atoms with Gasteiger partial charge in [-0.15, -0.1) is 0 Å². The van der Waals surface area contributed by atoms with Crippen LogP contribution in [0.2, 0.25) is 0 Å². The van der Waals surface area contributed by atoms with Crippen LogP contribution in [0.4, 0.5) is 0 Å². The molecule has 0 aliphatic heterocycles. The highest BCUT2D eigenvalue weighted by molar-refractivity contribution is 7.99. The van der Waals surface area contributed by atoms with E-state index < -0.39 is 0 Å². The van der Waals surface area contributed by atoms with Crippen LogP contribution in [-0.2, 0) is 6.54 Å². The van der Waals surface area contributed by atoms with E-state index in [2.05, 4.69) is 23.2 Å². The molecule has 5 heteroatoms. The predicted molar refractivity (Wildman–Crippen MR) is 87.9 cm³/mol. The highest BCUT2D eigenvalue weighted by Crippen LogP contribution is 2.31. The van der Waals surface area contributed by atoms with Crippen molar-refractivity contribution in [3.8, 4) is 0 Å². The van der Waals surface area contributed by atoms with Crippen LogP contribution in [0.1, 0.15) is 25.0 Å². The Kier molecular flexibility index (Phi) is 4.31. The second-order valence-corrected chi connectivity index (χ2v) is 6.89. The van der Waals surface area contributed by atoms with E-state index >= 15 is 0 Å². The smallest absolute Gasteiger partial charge is 0.258 e. The van der Waals surface area contributed by atoms with Crippen LogP contribution in [-0.4, -0.2) is 38.9 Å². The normalized spacial score (nSPS) is 22.2. The van der Waals surface area contributed by atoms with Crippen molar-refractivity contribution in [2.24, 2.45) is 0 Å². The Morgan fingerprint density at radius 3 is 3.05 bits per heavy atom. The highest BCUT2D eigenvalue weighted by atomic mass is 32.2. The molecule has 0 bridgehead atoms. The van der Waals surface area contributed by atoms with Gasteiger partial charge in [-0.05, 0) is 44.7 Å². The lowest BCUT2D eigenvalue weighted by Crippen LogP contribution is -2.30. The number of fused-ring (bicyclic) bond motifs is 1. The molecule has 1 saturated carbocycles. The zero-order valence-corrected chi connectivity index (χ0v) is 13.3. The van der Waals surface area contributed by atoms with E-state index in [-0.39, 0.29) is 5.56 Å². The summed E-state index contributed by atoms with van der Waals surface area (Å²) >= 11 is 1.97. The molecule has 2 aromatic rings. The van der Waals surface area contributed by atoms with Gasteiger partial charge in [0.2, 0.25) is 0 Å². The number of hydrogen-bond donors (Lipinski definition) is 0. The van der Waals surface area contributed by atoms with E-state index in [0.717, 1.165) is 23.1 Å². The lowest BCUT2D eigenvalue weighted by molar-refractivity contribution is 0.235. The highest BCUT2D eigenvalue weighted by Gasteiger charge is 2.27. The van der Waals surface area contributed by atoms with Gasteiger partial charge in [-0.25, -0.2) is 4.98 Å². The van der Waals surface area contributed by atoms with E-state index in [1.54, 1.807) is 16.7 Å². The quantitative estimate of drug-likeness (QED) is 0.869. The van der Waals surface area contributed by atoms with Crippen LogP contribution in [0.25, 0.3) is 5.65 Å². The van der Waals surface area contributed by atoms with Crippen molar-refractivity contribution in [3.63, 3.8) is 0 Å². The van der Waals surface area contributed by atoms with E-state index in [0.29, 0.717) is 6.04 Å². The standard InChI is InChI=1S/C16H21N3OS/c1-18(13-6-7-14(10-13)21-2)11-12-9-16(20)19-8-4-3-5-15(19)17-12/h3-5,8-9,13-14H,6-7,10-11H2,1-2H3. The zero-order chi connectivity index (χ0) is 14.8. The maximum absolute atomic E-state index is 12.1. The second-order valence-electron chi connectivity index (χ2n) is 5.75. The largest absolute Gasteiger partial charge is 0.298 e. The summed E-state index contributed by atoms with van der Waals surface area (Å²) in [7, 11) is 2.14. The topological polar surface area (TPSA) is 37.6 Å². The van der Waals surface area contributed by atoms with Crippen molar-refractivity contribution in [1.29, 1.82) is 0 Å². The Balaban J connectivity index is 1.77. The molecule has 0 amide bonds. The summed E-state index contributed by atoms with van der Waals surface area (Å²) in [4.78, 5) is 19.0. The van der Waals surface area contributed by atoms with E-state index in [4.69, 9.17) is 0 Å². The third-order valence-corrected chi connectivity index (χ3v) is 5.44. The summed E-state index contributed by atoms with van der Waals surface area (Å²) in [5, 5.41) is 0.785. The molecule has 3 rings (SSSR count). The number of aromatic nitrogens is 2. The predicted octanol–water partition coefficient (Wildman–Crippen LogP) is 2.41. The first-order valence-corrected chi connectivity index (χ1v) is 8.66. The Bertz CT molecular complexity index is 685. The minimum Gasteiger partial charge on any atom is -0.298 e. The van der Waals surface area contributed by atoms with Crippen molar-refractivity contribution in [1.82, 2.24) is 14.3 Å². The number of nitrogens with zero attached hydrogens (tertiary/aromatic N) is 3. The van der Waals surface area contributed by atoms with Gasteiger partial charge in [0.25, 0.3) is 5.56 Å². The van der Waals surface area contributed by atoms with E-state index in [1.807, 2.05) is 30.0 Å². The van der Waals surface area contributed by atoms with Crippen molar-refractivity contribution in [2.45, 2.75) is 37.1 Å². The average molecular weight is 303 g/mol. The Morgan fingerprint density at radius 2 is 2.29 bits per heavy atom. The van der Waals surface area contributed by atoms with Crippen LogP contribution < -0.4 is 5.56 Å². The van der Waals surface area contributed by atoms with E-state index in [1.165, 1.54) is 19.3 Å². The first-order valence-electron chi connectivity index (χ1n) is 7.37. The molecule has 0 N–H and O–H groups in total. The van der Waals surface area contributed by atoms with Gasteiger partial charge in [0.05, 0.1) is 5.69 Å². The first-order chi connectivity index (χ1) is 10.2. The molecule has 21 heavy (non-hydrogen) atoms. The van der Waals surface area contributed by atoms with E-state index in [9.17, 15) is 4.79 Å². The summed E-state index contributed by atoms with van der Waals surface area (Å²) in [6.45, 7) is 0.742. The number of hydrogen-bond acceptors (Lipinski definition) is 4. The monoisotopic (exact) mass is 303 g/mol. The minimum atomic E-state index is -0.00240. The van der Waals surface area contributed by atoms with Crippen LogP contribution in [0.5, 0.6) is 0 Å². The molecule has 0 aromatic carbocycles. The Hall–Kier alpha value is -1.33. The third-order valence-electron chi connectivity index (χ3n) is 4.35. The molecule has 2 unspecified atom stereocenters. The van der Waals surface area contributed by atoms with Gasteiger partial charge in [0.1, 0.15) is 5.65 Å². The Morgan fingerprint density at radius 1 is 1.43 bits per heavy atom. The molecule has 2 atom stereocenters. The molecular weight excluding hydrogens is 282 g/mol. The van der Waals surface area contributed by atoms with Gasteiger partial charge in [0, 0.05) is 30.1 Å². The molecule has 1 aliphatic carbocycles. The zero-order valence-electron chi connectivity index (χ0n) is 12.5. The summed E-state index contributed by atoms with van der Waals surface area (Å²) in [6.07, 6.45) is 7.74. The maximum atomic E-state index is 12.1. The minimum absolute atomic E-state index is 0.00240. The number of rotatable bonds is 4. The van der Waals surface area contributed by atoms with Crippen LogP contribution >= 0.6 is 11.8 Å². The molecule has 0 saturated heterocycles. The molecule has 1 aliphatic rings. The Labute approximate surface area is 129 Å². The van der Waals surface area contributed by atoms with Gasteiger partial charge in [-0.3, -0.25) is 14.1 Å². The molecule has 0 radical (unpaired) electrons. The molecular formula is C16H21N3OS. The summed E-state index contributed by atoms with van der Waals surface area (Å²) in [5.74, 6) is 0. The fraction of sp³-hybridized carbons (Fsp3) is 0.500. The van der Waals surface area contributed by atoms with Crippen molar-refractivity contribution in [3.05, 3.63) is 46.5 Å². The van der Waals surface area contributed by atoms with Crippen molar-refractivity contribution < 1.29 is 0 Å². The molecule has 0 spiro atoms. The van der Waals surface area contributed by atoms with Gasteiger partial charge in [0.15, 0.2) is 0 Å². The van der Waals surface area contributed by atoms with Crippen molar-refractivity contribution in [2.75, 3.05) is 13.3 Å². The summed E-state index contributed by atoms with van der Waals surface area (Å²) in [5.41, 5.74) is 1.58. The first kappa shape index (κ1) is 14.6. The molecule has 2 heterocycles. The molecule has 112 valence electrons. The van der Waals surface area contributed by atoms with Crippen LogP contribution in [0, 0.1) is 0 Å². The molecule has 1 fully saturated rings. The van der Waals surface area contributed by atoms with Gasteiger partial charge in [-0.1, -0.05) is 6.07 Å². The molecule has 4 nitrogen and oxygen atoms in total. The second kappa shape index (κ2) is 6.20. The fourth-order valence-corrected chi connectivity index (χ4v) is 3.89. The fourth-order valence-electron chi connectivity index (χ4n) is 3.10. The SMILES string of the molecule is CSC1CCC(N(C)Cc2cc(=O)n3ccccc3n2)C1. The third kappa shape index (κ3) is 3.14. The van der Waals surface area contributed by atoms with Gasteiger partial charge < -0.3 is 0 Å².